The lowest BCUT2D eigenvalue weighted by atomic mass is 9.98. The van der Waals surface area contributed by atoms with Crippen LogP contribution in [0.5, 0.6) is 11.5 Å². The first-order chi connectivity index (χ1) is 13.1. The quantitative estimate of drug-likeness (QED) is 0.533. The second-order valence-electron chi connectivity index (χ2n) is 6.57. The number of sulfonamides is 1. The number of nitrogens with two attached hydrogens (primary N) is 1. The molecule has 0 saturated carbocycles. The van der Waals surface area contributed by atoms with Gasteiger partial charge in [0, 0.05) is 0 Å². The third kappa shape index (κ3) is 5.46. The molecule has 0 unspecified atom stereocenters. The SMILES string of the molecule is COc1ccc(C(=O)OCCOc2ccc(C(C)C)c(C)c2)cc1S(N)(=O)=O. The molecule has 152 valence electrons. The van der Waals surface area contributed by atoms with Crippen molar-refractivity contribution in [3.05, 3.63) is 53.1 Å². The molecular formula is C20H25NO6S. The summed E-state index contributed by atoms with van der Waals surface area (Å²) in [5.41, 5.74) is 2.45. The van der Waals surface area contributed by atoms with Gasteiger partial charge in [-0.05, 0) is 54.3 Å². The summed E-state index contributed by atoms with van der Waals surface area (Å²) in [5.74, 6) is 0.505. The number of esters is 1. The van der Waals surface area contributed by atoms with Crippen LogP contribution in [0.15, 0.2) is 41.3 Å². The molecule has 0 spiro atoms. The summed E-state index contributed by atoms with van der Waals surface area (Å²) in [7, 11) is -2.72. The van der Waals surface area contributed by atoms with Crippen LogP contribution in [0.1, 0.15) is 41.3 Å². The smallest absolute Gasteiger partial charge is 0.338 e. The molecule has 28 heavy (non-hydrogen) atoms. The van der Waals surface area contributed by atoms with E-state index in [9.17, 15) is 13.2 Å². The molecule has 0 aliphatic rings. The zero-order chi connectivity index (χ0) is 20.9. The van der Waals surface area contributed by atoms with Crippen LogP contribution < -0.4 is 14.6 Å². The largest absolute Gasteiger partial charge is 0.495 e. The fourth-order valence-corrected chi connectivity index (χ4v) is 3.51. The monoisotopic (exact) mass is 407 g/mol. The summed E-state index contributed by atoms with van der Waals surface area (Å²) < 4.78 is 39.0. The Hall–Kier alpha value is -2.58. The van der Waals surface area contributed by atoms with Gasteiger partial charge in [-0.1, -0.05) is 19.9 Å². The summed E-state index contributed by atoms with van der Waals surface area (Å²) >= 11 is 0. The third-order valence-corrected chi connectivity index (χ3v) is 5.09. The van der Waals surface area contributed by atoms with Crippen LogP contribution in [0.3, 0.4) is 0 Å². The van der Waals surface area contributed by atoms with E-state index < -0.39 is 16.0 Å². The minimum atomic E-state index is -4.03. The fourth-order valence-electron chi connectivity index (χ4n) is 2.79. The lowest BCUT2D eigenvalue weighted by Gasteiger charge is -2.13. The second kappa shape index (κ2) is 9.07. The van der Waals surface area contributed by atoms with Gasteiger partial charge in [-0.15, -0.1) is 0 Å². The predicted octanol–water partition coefficient (Wildman–Crippen LogP) is 3.01. The van der Waals surface area contributed by atoms with E-state index in [-0.39, 0.29) is 29.4 Å². The van der Waals surface area contributed by atoms with Crippen molar-refractivity contribution in [1.29, 1.82) is 0 Å². The van der Waals surface area contributed by atoms with E-state index in [1.54, 1.807) is 0 Å². The molecule has 0 saturated heterocycles. The second-order valence-corrected chi connectivity index (χ2v) is 8.10. The Balaban J connectivity index is 1.95. The van der Waals surface area contributed by atoms with Crippen LogP contribution >= 0.6 is 0 Å². The zero-order valence-corrected chi connectivity index (χ0v) is 17.2. The highest BCUT2D eigenvalue weighted by molar-refractivity contribution is 7.89. The number of carbonyl (C=O) groups excluding carboxylic acids is 1. The number of rotatable bonds is 8. The molecule has 2 rings (SSSR count). The molecule has 8 heteroatoms. The van der Waals surface area contributed by atoms with E-state index in [2.05, 4.69) is 13.8 Å². The molecule has 2 aromatic carbocycles. The zero-order valence-electron chi connectivity index (χ0n) is 16.4. The topological polar surface area (TPSA) is 105 Å². The molecular weight excluding hydrogens is 382 g/mol. The van der Waals surface area contributed by atoms with E-state index in [1.165, 1.54) is 24.8 Å². The molecule has 2 aromatic rings. The summed E-state index contributed by atoms with van der Waals surface area (Å²) in [4.78, 5) is 11.9. The minimum absolute atomic E-state index is 0.0144. The van der Waals surface area contributed by atoms with Crippen LogP contribution in [0, 0.1) is 6.92 Å². The number of hydrogen-bond acceptors (Lipinski definition) is 6. The predicted molar refractivity (Wildman–Crippen MR) is 105 cm³/mol. The van der Waals surface area contributed by atoms with Gasteiger partial charge in [0.15, 0.2) is 0 Å². The van der Waals surface area contributed by atoms with Crippen molar-refractivity contribution < 1.29 is 27.4 Å². The van der Waals surface area contributed by atoms with Gasteiger partial charge in [0.05, 0.1) is 12.7 Å². The van der Waals surface area contributed by atoms with Crippen molar-refractivity contribution in [3.8, 4) is 11.5 Å². The lowest BCUT2D eigenvalue weighted by molar-refractivity contribution is 0.0450. The Labute approximate surface area is 165 Å². The highest BCUT2D eigenvalue weighted by Crippen LogP contribution is 2.25. The maximum absolute atomic E-state index is 12.2. The Morgan fingerprint density at radius 1 is 1.11 bits per heavy atom. The van der Waals surface area contributed by atoms with Gasteiger partial charge in [0.1, 0.15) is 29.6 Å². The van der Waals surface area contributed by atoms with Crippen molar-refractivity contribution in [3.63, 3.8) is 0 Å². The summed E-state index contributed by atoms with van der Waals surface area (Å²) in [6, 6.07) is 9.74. The molecule has 7 nitrogen and oxygen atoms in total. The molecule has 0 amide bonds. The molecule has 0 radical (unpaired) electrons. The number of hydrogen-bond donors (Lipinski definition) is 1. The molecule has 2 N–H and O–H groups in total. The highest BCUT2D eigenvalue weighted by atomic mass is 32.2. The van der Waals surface area contributed by atoms with Gasteiger partial charge in [0.25, 0.3) is 0 Å². The van der Waals surface area contributed by atoms with E-state index in [1.807, 2.05) is 25.1 Å². The number of methoxy groups -OCH3 is 1. The number of carbonyl (C=O) groups is 1. The first kappa shape index (κ1) is 21.7. The molecule has 0 heterocycles. The first-order valence-corrected chi connectivity index (χ1v) is 10.3. The van der Waals surface area contributed by atoms with Crippen molar-refractivity contribution >= 4 is 16.0 Å². The van der Waals surface area contributed by atoms with Crippen LogP contribution in [0.25, 0.3) is 0 Å². The van der Waals surface area contributed by atoms with Crippen molar-refractivity contribution in [1.82, 2.24) is 0 Å². The van der Waals surface area contributed by atoms with Gasteiger partial charge in [-0.2, -0.15) is 0 Å². The average Bonchev–Trinajstić information content (AvgIpc) is 2.63. The van der Waals surface area contributed by atoms with E-state index in [0.717, 1.165) is 11.6 Å². The Kier molecular flexibility index (Phi) is 7.04. The van der Waals surface area contributed by atoms with Gasteiger partial charge >= 0.3 is 5.97 Å². The summed E-state index contributed by atoms with van der Waals surface area (Å²) in [6.45, 7) is 6.46. The van der Waals surface area contributed by atoms with Crippen LogP contribution in [-0.2, 0) is 14.8 Å². The Bertz CT molecular complexity index is 953. The molecule has 0 aliphatic heterocycles. The summed E-state index contributed by atoms with van der Waals surface area (Å²) in [5, 5.41) is 5.15. The van der Waals surface area contributed by atoms with E-state index >= 15 is 0 Å². The van der Waals surface area contributed by atoms with E-state index in [4.69, 9.17) is 19.3 Å². The Morgan fingerprint density at radius 2 is 1.82 bits per heavy atom. The van der Waals surface area contributed by atoms with Crippen molar-refractivity contribution in [2.75, 3.05) is 20.3 Å². The van der Waals surface area contributed by atoms with Crippen molar-refractivity contribution in [2.24, 2.45) is 5.14 Å². The molecule has 0 atom stereocenters. The number of ether oxygens (including phenoxy) is 3. The molecule has 0 bridgehead atoms. The standard InChI is InChI=1S/C20H25NO6S/c1-13(2)17-7-6-16(11-14(17)3)26-9-10-27-20(22)15-5-8-18(25-4)19(12-15)28(21,23)24/h5-8,11-13H,9-10H2,1-4H3,(H2,21,23,24). The van der Waals surface area contributed by atoms with E-state index in [0.29, 0.717) is 11.7 Å². The van der Waals surface area contributed by atoms with Crippen LogP contribution in [0.4, 0.5) is 0 Å². The molecule has 0 aliphatic carbocycles. The minimum Gasteiger partial charge on any atom is -0.495 e. The third-order valence-electron chi connectivity index (χ3n) is 4.15. The lowest BCUT2D eigenvalue weighted by Crippen LogP contribution is -2.16. The highest BCUT2D eigenvalue weighted by Gasteiger charge is 2.18. The van der Waals surface area contributed by atoms with Gasteiger partial charge in [-0.25, -0.2) is 18.4 Å². The van der Waals surface area contributed by atoms with Crippen LogP contribution in [0.2, 0.25) is 0 Å². The van der Waals surface area contributed by atoms with Crippen molar-refractivity contribution in [2.45, 2.75) is 31.6 Å². The average molecular weight is 407 g/mol. The molecule has 0 fully saturated rings. The van der Waals surface area contributed by atoms with Gasteiger partial charge < -0.3 is 14.2 Å². The number of aryl methyl sites for hydroxylation is 1. The first-order valence-electron chi connectivity index (χ1n) is 8.74. The maximum Gasteiger partial charge on any atom is 0.338 e. The number of primary sulfonamides is 1. The fraction of sp³-hybridized carbons (Fsp3) is 0.350. The molecule has 0 aromatic heterocycles. The van der Waals surface area contributed by atoms with Crippen LogP contribution in [-0.4, -0.2) is 34.7 Å². The maximum atomic E-state index is 12.2. The Morgan fingerprint density at radius 3 is 2.39 bits per heavy atom. The van der Waals surface area contributed by atoms with Gasteiger partial charge in [-0.3, -0.25) is 0 Å². The summed E-state index contributed by atoms with van der Waals surface area (Å²) in [6.07, 6.45) is 0. The normalized spacial score (nSPS) is 11.4. The van der Waals surface area contributed by atoms with Gasteiger partial charge in [0.2, 0.25) is 10.0 Å². The number of benzene rings is 2.